The highest BCUT2D eigenvalue weighted by Gasteiger charge is 2.13. The van der Waals surface area contributed by atoms with E-state index in [2.05, 4.69) is 40.1 Å². The molecule has 1 N–H and O–H groups in total. The summed E-state index contributed by atoms with van der Waals surface area (Å²) in [7, 11) is 2.02. The fraction of sp³-hybridized carbons (Fsp3) is 0.357. The van der Waals surface area contributed by atoms with Crippen molar-refractivity contribution < 1.29 is 0 Å². The molecule has 1 atom stereocenters. The number of rotatable bonds is 5. The number of thiophene rings is 1. The average Bonchev–Trinajstić information content (AvgIpc) is 2.89. The Balaban J connectivity index is 2.22. The van der Waals surface area contributed by atoms with E-state index < -0.39 is 0 Å². The molecule has 0 radical (unpaired) electrons. The maximum Gasteiger partial charge on any atom is 0.0362 e. The molecule has 17 heavy (non-hydrogen) atoms. The molecule has 0 bridgehead atoms. The normalized spacial score (nSPS) is 12.6. The van der Waals surface area contributed by atoms with E-state index in [1.807, 2.05) is 19.4 Å². The standard InChI is InChI=1S/C14H18N2S/c1-3-12-9-16-6-4-13(12)14(15-2)8-11-5-7-17-10-11/h4-7,9-10,14-15H,3,8H2,1-2H3. The Kier molecular flexibility index (Phi) is 4.29. The maximum atomic E-state index is 4.20. The summed E-state index contributed by atoms with van der Waals surface area (Å²) in [6.07, 6.45) is 5.93. The molecule has 0 saturated carbocycles. The van der Waals surface area contributed by atoms with Crippen LogP contribution in [0.5, 0.6) is 0 Å². The Morgan fingerprint density at radius 3 is 2.94 bits per heavy atom. The topological polar surface area (TPSA) is 24.9 Å². The second-order valence-electron chi connectivity index (χ2n) is 4.11. The van der Waals surface area contributed by atoms with E-state index in [4.69, 9.17) is 0 Å². The molecule has 2 aromatic heterocycles. The average molecular weight is 246 g/mol. The number of nitrogens with zero attached hydrogens (tertiary/aromatic N) is 1. The van der Waals surface area contributed by atoms with Crippen LogP contribution in [-0.4, -0.2) is 12.0 Å². The third kappa shape index (κ3) is 2.93. The molecule has 1 unspecified atom stereocenters. The Hall–Kier alpha value is -1.19. The third-order valence-corrected chi connectivity index (χ3v) is 3.80. The smallest absolute Gasteiger partial charge is 0.0362 e. The van der Waals surface area contributed by atoms with Gasteiger partial charge in [-0.05, 0) is 59.5 Å². The highest BCUT2D eigenvalue weighted by Crippen LogP contribution is 2.22. The van der Waals surface area contributed by atoms with Crippen LogP contribution in [0.2, 0.25) is 0 Å². The van der Waals surface area contributed by atoms with Crippen LogP contribution < -0.4 is 5.32 Å². The van der Waals surface area contributed by atoms with Gasteiger partial charge in [0.2, 0.25) is 0 Å². The van der Waals surface area contributed by atoms with Crippen LogP contribution in [0.3, 0.4) is 0 Å². The Morgan fingerprint density at radius 1 is 1.41 bits per heavy atom. The number of aryl methyl sites for hydroxylation is 1. The number of hydrogen-bond donors (Lipinski definition) is 1. The number of pyridine rings is 1. The van der Waals surface area contributed by atoms with Crippen molar-refractivity contribution in [2.45, 2.75) is 25.8 Å². The van der Waals surface area contributed by atoms with Crippen molar-refractivity contribution in [3.63, 3.8) is 0 Å². The van der Waals surface area contributed by atoms with Crippen molar-refractivity contribution in [1.29, 1.82) is 0 Å². The minimum absolute atomic E-state index is 0.377. The molecular formula is C14H18N2S. The van der Waals surface area contributed by atoms with Crippen molar-refractivity contribution in [3.05, 3.63) is 52.0 Å². The lowest BCUT2D eigenvalue weighted by molar-refractivity contribution is 0.586. The van der Waals surface area contributed by atoms with Gasteiger partial charge >= 0.3 is 0 Å². The minimum atomic E-state index is 0.377. The number of hydrogen-bond acceptors (Lipinski definition) is 3. The number of likely N-dealkylation sites (N-methyl/N-ethyl adjacent to an activating group) is 1. The summed E-state index contributed by atoms with van der Waals surface area (Å²) in [5.41, 5.74) is 4.10. The zero-order chi connectivity index (χ0) is 12.1. The molecule has 2 rings (SSSR count). The fourth-order valence-electron chi connectivity index (χ4n) is 2.09. The van der Waals surface area contributed by atoms with E-state index in [1.54, 1.807) is 11.3 Å². The quantitative estimate of drug-likeness (QED) is 0.876. The molecular weight excluding hydrogens is 228 g/mol. The second kappa shape index (κ2) is 5.94. The van der Waals surface area contributed by atoms with Crippen molar-refractivity contribution in [2.75, 3.05) is 7.05 Å². The lowest BCUT2D eigenvalue weighted by Crippen LogP contribution is -2.20. The first-order valence-corrected chi connectivity index (χ1v) is 6.90. The summed E-state index contributed by atoms with van der Waals surface area (Å²) < 4.78 is 0. The summed E-state index contributed by atoms with van der Waals surface area (Å²) in [6.45, 7) is 2.18. The van der Waals surface area contributed by atoms with Crippen LogP contribution in [0.25, 0.3) is 0 Å². The molecule has 0 saturated heterocycles. The van der Waals surface area contributed by atoms with Gasteiger partial charge in [0.25, 0.3) is 0 Å². The predicted octanol–water partition coefficient (Wildman–Crippen LogP) is 3.21. The highest BCUT2D eigenvalue weighted by atomic mass is 32.1. The summed E-state index contributed by atoms with van der Waals surface area (Å²) in [5, 5.41) is 7.76. The van der Waals surface area contributed by atoms with E-state index in [9.17, 15) is 0 Å². The fourth-order valence-corrected chi connectivity index (χ4v) is 2.77. The van der Waals surface area contributed by atoms with Crippen LogP contribution in [-0.2, 0) is 12.8 Å². The van der Waals surface area contributed by atoms with Crippen molar-refractivity contribution in [3.8, 4) is 0 Å². The lowest BCUT2D eigenvalue weighted by Gasteiger charge is -2.18. The molecule has 0 amide bonds. The van der Waals surface area contributed by atoms with Gasteiger partial charge in [-0.3, -0.25) is 4.98 Å². The van der Waals surface area contributed by atoms with Crippen molar-refractivity contribution in [2.24, 2.45) is 0 Å². The molecule has 0 aliphatic carbocycles. The van der Waals surface area contributed by atoms with Crippen LogP contribution >= 0.6 is 11.3 Å². The van der Waals surface area contributed by atoms with Gasteiger partial charge in [0.15, 0.2) is 0 Å². The molecule has 0 fully saturated rings. The summed E-state index contributed by atoms with van der Waals surface area (Å²) in [5.74, 6) is 0. The van der Waals surface area contributed by atoms with E-state index in [0.29, 0.717) is 6.04 Å². The third-order valence-electron chi connectivity index (χ3n) is 3.07. The Bertz CT molecular complexity index is 451. The van der Waals surface area contributed by atoms with E-state index in [0.717, 1.165) is 12.8 Å². The minimum Gasteiger partial charge on any atom is -0.313 e. The Morgan fingerprint density at radius 2 is 2.29 bits per heavy atom. The van der Waals surface area contributed by atoms with Gasteiger partial charge in [0.1, 0.15) is 0 Å². The largest absolute Gasteiger partial charge is 0.313 e. The van der Waals surface area contributed by atoms with Gasteiger partial charge in [0, 0.05) is 18.4 Å². The van der Waals surface area contributed by atoms with E-state index in [1.165, 1.54) is 16.7 Å². The predicted molar refractivity (Wildman–Crippen MR) is 73.4 cm³/mol. The van der Waals surface area contributed by atoms with Gasteiger partial charge in [-0.15, -0.1) is 0 Å². The van der Waals surface area contributed by atoms with Gasteiger partial charge < -0.3 is 5.32 Å². The first kappa shape index (κ1) is 12.3. The zero-order valence-electron chi connectivity index (χ0n) is 10.3. The summed E-state index contributed by atoms with van der Waals surface area (Å²) in [4.78, 5) is 4.20. The molecule has 2 nitrogen and oxygen atoms in total. The van der Waals surface area contributed by atoms with Crippen LogP contribution in [0.15, 0.2) is 35.3 Å². The number of aromatic nitrogens is 1. The van der Waals surface area contributed by atoms with Gasteiger partial charge in [-0.25, -0.2) is 0 Å². The zero-order valence-corrected chi connectivity index (χ0v) is 11.1. The number of nitrogens with one attached hydrogen (secondary N) is 1. The van der Waals surface area contributed by atoms with Crippen molar-refractivity contribution >= 4 is 11.3 Å². The van der Waals surface area contributed by atoms with Crippen LogP contribution in [0.1, 0.15) is 29.7 Å². The molecule has 2 heterocycles. The highest BCUT2D eigenvalue weighted by molar-refractivity contribution is 7.07. The van der Waals surface area contributed by atoms with Gasteiger partial charge in [0.05, 0.1) is 0 Å². The lowest BCUT2D eigenvalue weighted by atomic mass is 9.96. The first-order chi connectivity index (χ1) is 8.35. The molecule has 90 valence electrons. The summed E-state index contributed by atoms with van der Waals surface area (Å²) >= 11 is 1.76. The molecule has 0 aliphatic rings. The molecule has 3 heteroatoms. The molecule has 0 aliphatic heterocycles. The van der Waals surface area contributed by atoms with Gasteiger partial charge in [-0.1, -0.05) is 6.92 Å². The molecule has 0 aromatic carbocycles. The van der Waals surface area contributed by atoms with Crippen LogP contribution in [0, 0.1) is 0 Å². The summed E-state index contributed by atoms with van der Waals surface area (Å²) in [6, 6.07) is 4.70. The van der Waals surface area contributed by atoms with E-state index >= 15 is 0 Å². The molecule has 0 spiro atoms. The second-order valence-corrected chi connectivity index (χ2v) is 4.89. The Labute approximate surface area is 107 Å². The van der Waals surface area contributed by atoms with Crippen molar-refractivity contribution in [1.82, 2.24) is 10.3 Å². The molecule has 2 aromatic rings. The van der Waals surface area contributed by atoms with Gasteiger partial charge in [-0.2, -0.15) is 11.3 Å². The van der Waals surface area contributed by atoms with Crippen LogP contribution in [0.4, 0.5) is 0 Å². The maximum absolute atomic E-state index is 4.20. The monoisotopic (exact) mass is 246 g/mol. The van der Waals surface area contributed by atoms with E-state index in [-0.39, 0.29) is 0 Å². The first-order valence-electron chi connectivity index (χ1n) is 5.96. The SMILES string of the molecule is CCc1cnccc1C(Cc1ccsc1)NC.